The number of nitrogens with one attached hydrogen (secondary N) is 1. The van der Waals surface area contributed by atoms with Gasteiger partial charge in [0, 0.05) is 17.8 Å². The lowest BCUT2D eigenvalue weighted by atomic mass is 10.3. The highest BCUT2D eigenvalue weighted by atomic mass is 32.1. The van der Waals surface area contributed by atoms with Crippen molar-refractivity contribution in [1.29, 1.82) is 0 Å². The third-order valence-electron chi connectivity index (χ3n) is 1.82. The molecule has 5 heteroatoms. The molecule has 0 atom stereocenters. The molecule has 1 rings (SSSR count). The Morgan fingerprint density at radius 1 is 1.47 bits per heavy atom. The Labute approximate surface area is 91.9 Å². The lowest BCUT2D eigenvalue weighted by molar-refractivity contribution is -0.137. The van der Waals surface area contributed by atoms with Gasteiger partial charge in [-0.3, -0.25) is 9.59 Å². The van der Waals surface area contributed by atoms with Crippen LogP contribution in [0, 0.1) is 6.92 Å². The summed E-state index contributed by atoms with van der Waals surface area (Å²) in [5, 5.41) is 11.1. The van der Waals surface area contributed by atoms with Gasteiger partial charge in [0.25, 0.3) is 5.91 Å². The van der Waals surface area contributed by atoms with Crippen molar-refractivity contribution in [2.75, 3.05) is 6.54 Å². The average molecular weight is 227 g/mol. The predicted molar refractivity (Wildman–Crippen MR) is 58.3 cm³/mol. The molecule has 0 unspecified atom stereocenters. The molecule has 1 amide bonds. The number of rotatable bonds is 5. The van der Waals surface area contributed by atoms with Gasteiger partial charge in [-0.2, -0.15) is 0 Å². The molecule has 0 radical (unpaired) electrons. The van der Waals surface area contributed by atoms with Crippen LogP contribution in [0.4, 0.5) is 0 Å². The molecule has 2 N–H and O–H groups in total. The van der Waals surface area contributed by atoms with Crippen molar-refractivity contribution in [2.24, 2.45) is 0 Å². The first-order valence-corrected chi connectivity index (χ1v) is 5.47. The highest BCUT2D eigenvalue weighted by molar-refractivity contribution is 7.13. The monoisotopic (exact) mass is 227 g/mol. The molecular formula is C10H13NO3S. The van der Waals surface area contributed by atoms with Crippen LogP contribution in [0.5, 0.6) is 0 Å². The van der Waals surface area contributed by atoms with Crippen LogP contribution in [-0.2, 0) is 4.79 Å². The van der Waals surface area contributed by atoms with Crippen LogP contribution in [0.1, 0.15) is 27.4 Å². The maximum absolute atomic E-state index is 11.5. The number of hydrogen-bond acceptors (Lipinski definition) is 3. The first-order valence-electron chi connectivity index (χ1n) is 4.66. The molecule has 0 aliphatic rings. The zero-order valence-corrected chi connectivity index (χ0v) is 9.26. The van der Waals surface area contributed by atoms with E-state index in [1.165, 1.54) is 11.3 Å². The smallest absolute Gasteiger partial charge is 0.303 e. The molecule has 1 heterocycles. The summed E-state index contributed by atoms with van der Waals surface area (Å²) < 4.78 is 0. The van der Waals surface area contributed by atoms with Crippen LogP contribution in [0.15, 0.2) is 12.1 Å². The molecule has 0 saturated heterocycles. The summed E-state index contributed by atoms with van der Waals surface area (Å²) in [4.78, 5) is 23.4. The molecule has 0 aliphatic heterocycles. The summed E-state index contributed by atoms with van der Waals surface area (Å²) in [6.45, 7) is 2.34. The fraction of sp³-hybridized carbons (Fsp3) is 0.400. The number of aryl methyl sites for hydroxylation is 1. The van der Waals surface area contributed by atoms with E-state index in [9.17, 15) is 9.59 Å². The highest BCUT2D eigenvalue weighted by Gasteiger charge is 2.06. The molecule has 82 valence electrons. The van der Waals surface area contributed by atoms with E-state index < -0.39 is 5.97 Å². The first kappa shape index (κ1) is 11.7. The topological polar surface area (TPSA) is 66.4 Å². The van der Waals surface area contributed by atoms with Crippen LogP contribution < -0.4 is 5.32 Å². The molecule has 0 saturated carbocycles. The van der Waals surface area contributed by atoms with Gasteiger partial charge in [0.15, 0.2) is 0 Å². The molecule has 1 aromatic rings. The van der Waals surface area contributed by atoms with Gasteiger partial charge in [0.05, 0.1) is 4.88 Å². The van der Waals surface area contributed by atoms with Gasteiger partial charge >= 0.3 is 5.97 Å². The Hall–Kier alpha value is -1.36. The van der Waals surface area contributed by atoms with Gasteiger partial charge in [-0.1, -0.05) is 0 Å². The Balaban J connectivity index is 2.28. The summed E-state index contributed by atoms with van der Waals surface area (Å²) in [6, 6.07) is 3.66. The van der Waals surface area contributed by atoms with Gasteiger partial charge < -0.3 is 10.4 Å². The molecule has 0 bridgehead atoms. The third kappa shape index (κ3) is 4.12. The number of carbonyl (C=O) groups excluding carboxylic acids is 1. The molecule has 0 aromatic carbocycles. The molecule has 0 fully saturated rings. The van der Waals surface area contributed by atoms with E-state index in [0.29, 0.717) is 17.8 Å². The molecule has 4 nitrogen and oxygen atoms in total. The first-order chi connectivity index (χ1) is 7.09. The second-order valence-corrected chi connectivity index (χ2v) is 4.45. The van der Waals surface area contributed by atoms with Crippen LogP contribution >= 0.6 is 11.3 Å². The maximum Gasteiger partial charge on any atom is 0.303 e. The quantitative estimate of drug-likeness (QED) is 0.752. The Morgan fingerprint density at radius 3 is 2.73 bits per heavy atom. The van der Waals surface area contributed by atoms with Crippen LogP contribution in [-0.4, -0.2) is 23.5 Å². The van der Waals surface area contributed by atoms with E-state index in [0.717, 1.165) is 4.88 Å². The van der Waals surface area contributed by atoms with Crippen molar-refractivity contribution in [3.8, 4) is 0 Å². The average Bonchev–Trinajstić information content (AvgIpc) is 2.59. The van der Waals surface area contributed by atoms with Gasteiger partial charge in [-0.15, -0.1) is 11.3 Å². The number of hydrogen-bond donors (Lipinski definition) is 2. The summed E-state index contributed by atoms with van der Waals surface area (Å²) in [6.07, 6.45) is 0.551. The summed E-state index contributed by atoms with van der Waals surface area (Å²) in [5.74, 6) is -0.963. The molecular weight excluding hydrogens is 214 g/mol. The van der Waals surface area contributed by atoms with Crippen molar-refractivity contribution < 1.29 is 14.7 Å². The fourth-order valence-corrected chi connectivity index (χ4v) is 1.87. The largest absolute Gasteiger partial charge is 0.481 e. The summed E-state index contributed by atoms with van der Waals surface area (Å²) in [5.41, 5.74) is 0. The number of carboxylic acids is 1. The van der Waals surface area contributed by atoms with Gasteiger partial charge in [-0.05, 0) is 25.5 Å². The van der Waals surface area contributed by atoms with E-state index >= 15 is 0 Å². The SMILES string of the molecule is Cc1ccc(C(=O)NCCCC(=O)O)s1. The number of carbonyl (C=O) groups is 2. The maximum atomic E-state index is 11.5. The number of amides is 1. The lowest BCUT2D eigenvalue weighted by Gasteiger charge is -2.01. The Morgan fingerprint density at radius 2 is 2.20 bits per heavy atom. The number of thiophene rings is 1. The van der Waals surface area contributed by atoms with E-state index in [2.05, 4.69) is 5.32 Å². The van der Waals surface area contributed by atoms with Gasteiger partial charge in [0.2, 0.25) is 0 Å². The summed E-state index contributed by atoms with van der Waals surface area (Å²) in [7, 11) is 0. The van der Waals surface area contributed by atoms with Crippen molar-refractivity contribution in [3.05, 3.63) is 21.9 Å². The predicted octanol–water partition coefficient (Wildman–Crippen LogP) is 1.65. The zero-order valence-electron chi connectivity index (χ0n) is 8.45. The standard InChI is InChI=1S/C10H13NO3S/c1-7-4-5-8(15-7)10(14)11-6-2-3-9(12)13/h4-5H,2-3,6H2,1H3,(H,11,14)(H,12,13). The fourth-order valence-electron chi connectivity index (χ4n) is 1.09. The lowest BCUT2D eigenvalue weighted by Crippen LogP contribution is -2.23. The number of aliphatic carboxylic acids is 1. The summed E-state index contributed by atoms with van der Waals surface area (Å²) >= 11 is 1.43. The van der Waals surface area contributed by atoms with Crippen molar-refractivity contribution >= 4 is 23.2 Å². The van der Waals surface area contributed by atoms with E-state index in [4.69, 9.17) is 5.11 Å². The van der Waals surface area contributed by atoms with Gasteiger partial charge in [0.1, 0.15) is 0 Å². The Kier molecular flexibility index (Phi) is 4.30. The van der Waals surface area contributed by atoms with Crippen molar-refractivity contribution in [3.63, 3.8) is 0 Å². The normalized spacial score (nSPS) is 9.93. The second kappa shape index (κ2) is 5.50. The second-order valence-electron chi connectivity index (χ2n) is 3.16. The number of carboxylic acid groups (broad SMARTS) is 1. The van der Waals surface area contributed by atoms with Crippen LogP contribution in [0.2, 0.25) is 0 Å². The Bertz CT molecular complexity index is 359. The molecule has 1 aromatic heterocycles. The zero-order chi connectivity index (χ0) is 11.3. The molecule has 15 heavy (non-hydrogen) atoms. The van der Waals surface area contributed by atoms with E-state index in [1.807, 2.05) is 13.0 Å². The molecule has 0 aliphatic carbocycles. The minimum absolute atomic E-state index is 0.0871. The van der Waals surface area contributed by atoms with Crippen molar-refractivity contribution in [1.82, 2.24) is 5.32 Å². The molecule has 0 spiro atoms. The van der Waals surface area contributed by atoms with Crippen LogP contribution in [0.3, 0.4) is 0 Å². The van der Waals surface area contributed by atoms with Crippen LogP contribution in [0.25, 0.3) is 0 Å². The van der Waals surface area contributed by atoms with Crippen molar-refractivity contribution in [2.45, 2.75) is 19.8 Å². The highest BCUT2D eigenvalue weighted by Crippen LogP contribution is 2.14. The minimum Gasteiger partial charge on any atom is -0.481 e. The van der Waals surface area contributed by atoms with E-state index in [1.54, 1.807) is 6.07 Å². The minimum atomic E-state index is -0.837. The van der Waals surface area contributed by atoms with E-state index in [-0.39, 0.29) is 12.3 Å². The van der Waals surface area contributed by atoms with Gasteiger partial charge in [-0.25, -0.2) is 0 Å². The third-order valence-corrected chi connectivity index (χ3v) is 2.82.